The predicted octanol–water partition coefficient (Wildman–Crippen LogP) is -1.58. The van der Waals surface area contributed by atoms with Crippen LogP contribution in [0.25, 0.3) is 33.4 Å². The molecule has 0 bridgehead atoms. The van der Waals surface area contributed by atoms with E-state index in [9.17, 15) is 58.5 Å². The van der Waals surface area contributed by atoms with Gasteiger partial charge in [-0.25, -0.2) is 4.79 Å². The molecule has 3 aromatic carbocycles. The van der Waals surface area contributed by atoms with Crippen molar-refractivity contribution in [2.45, 2.75) is 69.5 Å². The van der Waals surface area contributed by atoms with E-state index in [1.807, 2.05) is 0 Å². The van der Waals surface area contributed by atoms with Crippen LogP contribution < -0.4 is 85.6 Å². The fourth-order valence-electron chi connectivity index (χ4n) is 11.7. The zero-order chi connectivity index (χ0) is 74.3. The Kier molecular flexibility index (Phi) is 36.4. The summed E-state index contributed by atoms with van der Waals surface area (Å²) in [5, 5.41) is 74.2. The monoisotopic (exact) mass is 1470 g/mol. The molecular formula is C71H103N17O15S. The van der Waals surface area contributed by atoms with Crippen LogP contribution in [0.2, 0.25) is 0 Å². The summed E-state index contributed by atoms with van der Waals surface area (Å²) in [6, 6.07) is 16.0. The van der Waals surface area contributed by atoms with E-state index in [2.05, 4.69) is 84.2 Å². The number of primary amides is 1. The van der Waals surface area contributed by atoms with Gasteiger partial charge in [0.2, 0.25) is 41.4 Å². The predicted molar refractivity (Wildman–Crippen MR) is 397 cm³/mol. The van der Waals surface area contributed by atoms with Crippen LogP contribution in [0.15, 0.2) is 88.1 Å². The Labute approximate surface area is 610 Å². The lowest BCUT2D eigenvalue weighted by Crippen LogP contribution is -2.54. The number of ether oxygens (including phenoxy) is 2. The van der Waals surface area contributed by atoms with Crippen molar-refractivity contribution < 1.29 is 67.6 Å². The molecule has 4 aliphatic rings. The number of carboxylic acid groups (broad SMARTS) is 1. The van der Waals surface area contributed by atoms with Gasteiger partial charge in [-0.05, 0) is 110 Å². The second-order valence-corrected chi connectivity index (χ2v) is 25.7. The van der Waals surface area contributed by atoms with Gasteiger partial charge in [0.15, 0.2) is 10.5 Å². The summed E-state index contributed by atoms with van der Waals surface area (Å²) in [4.78, 5) is 123. The number of rotatable bonds is 36. The molecular weight excluding hydrogens is 1360 g/mol. The average Bonchev–Trinajstić information content (AvgIpc) is 0.749. The molecule has 3 aliphatic heterocycles. The van der Waals surface area contributed by atoms with Crippen LogP contribution in [0, 0.1) is 0 Å². The zero-order valence-corrected chi connectivity index (χ0v) is 59.7. The van der Waals surface area contributed by atoms with Gasteiger partial charge in [0.05, 0.1) is 38.5 Å². The van der Waals surface area contributed by atoms with E-state index in [4.69, 9.17) is 31.8 Å². The number of aromatic hydroxyl groups is 2. The van der Waals surface area contributed by atoms with Crippen LogP contribution in [0.4, 0.5) is 5.69 Å². The van der Waals surface area contributed by atoms with Gasteiger partial charge < -0.3 is 109 Å². The van der Waals surface area contributed by atoms with Crippen LogP contribution in [-0.2, 0) is 49.5 Å². The molecule has 33 heteroatoms. The van der Waals surface area contributed by atoms with E-state index in [0.717, 1.165) is 78.5 Å². The van der Waals surface area contributed by atoms with Crippen molar-refractivity contribution in [3.63, 3.8) is 0 Å². The van der Waals surface area contributed by atoms with Gasteiger partial charge in [-0.1, -0.05) is 18.2 Å². The molecule has 3 heterocycles. The Morgan fingerprint density at radius 2 is 1.09 bits per heavy atom. The van der Waals surface area contributed by atoms with E-state index >= 15 is 0 Å². The quantitative estimate of drug-likeness (QED) is 0.0122. The van der Waals surface area contributed by atoms with Gasteiger partial charge in [-0.15, -0.1) is 0 Å². The van der Waals surface area contributed by atoms with Gasteiger partial charge in [-0.2, -0.15) is 0 Å². The molecule has 32 nitrogen and oxygen atoms in total. The number of carboxylic acids is 1. The summed E-state index contributed by atoms with van der Waals surface area (Å²) in [7, 11) is 0. The molecule has 0 aromatic heterocycles. The Bertz CT molecular complexity index is 3590. The molecule has 3 aromatic rings. The fraction of sp³-hybridized carbons (Fsp3) is 0.521. The molecule has 7 amide bonds. The standard InChI is InChI=1S/C71H103N17O15S/c72-67(96)59(41-48-7-10-50(89)11-8-48)86-69(98)58(6-2-4-19-80-64(94)46-88-36-31-77-27-23-74-24-28-78-32-37-88)84-62(92)17-20-81-68(97)57(5-1-3-18-79-63(93)45-87-34-29-75-25-21-73-22-26-76-30-35-87)85-65(95)47-102-40-39-101-38-33-82-71(104)83-49-9-14-53(56(42-49)70(99)100)66-54-15-12-51(90)43-60(54)103-61-44-52(91)13-16-55(61)66/h7-16,42-44,57-59,73-78,89-90H,1-6,17-41,45-47H2,(H2,72,96)(H,79,93)(H,80,94)(H,81,97)(H,84,92)(H,85,95)(H,86,98)(H,99,100)(H2,82,83,104). The number of fused-ring (bicyclic) bond motifs is 2. The zero-order valence-electron chi connectivity index (χ0n) is 58.9. The highest BCUT2D eigenvalue weighted by molar-refractivity contribution is 7.80. The third kappa shape index (κ3) is 30.4. The third-order valence-electron chi connectivity index (χ3n) is 17.1. The van der Waals surface area contributed by atoms with Crippen LogP contribution in [0.1, 0.15) is 60.9 Å². The van der Waals surface area contributed by atoms with Crippen molar-refractivity contribution in [3.05, 3.63) is 100 Å². The summed E-state index contributed by atoms with van der Waals surface area (Å²) in [5.74, 6) is -4.67. The summed E-state index contributed by atoms with van der Waals surface area (Å²) in [6.07, 6.45) is 1.72. The van der Waals surface area contributed by atoms with Crippen molar-refractivity contribution in [2.24, 2.45) is 5.73 Å². The molecule has 0 radical (unpaired) electrons. The van der Waals surface area contributed by atoms with E-state index in [1.165, 1.54) is 42.5 Å². The summed E-state index contributed by atoms with van der Waals surface area (Å²) in [5.41, 5.74) is 7.92. The largest absolute Gasteiger partial charge is 0.508 e. The van der Waals surface area contributed by atoms with Gasteiger partial charge >= 0.3 is 5.97 Å². The third-order valence-corrected chi connectivity index (χ3v) is 17.4. The second-order valence-electron chi connectivity index (χ2n) is 25.3. The first-order chi connectivity index (χ1) is 50.4. The maximum absolute atomic E-state index is 14.0. The van der Waals surface area contributed by atoms with E-state index < -0.39 is 60.2 Å². The number of thiocarbonyl (C=S) groups is 1. The first kappa shape index (κ1) is 82.3. The average molecular weight is 1470 g/mol. The highest BCUT2D eigenvalue weighted by Gasteiger charge is 2.28. The van der Waals surface area contributed by atoms with E-state index in [0.29, 0.717) is 98.3 Å². The van der Waals surface area contributed by atoms with Gasteiger partial charge in [0, 0.05) is 178 Å². The lowest BCUT2D eigenvalue weighted by Gasteiger charge is -2.23. The molecule has 2 fully saturated rings. The summed E-state index contributed by atoms with van der Waals surface area (Å²) >= 11 is 5.50. The van der Waals surface area contributed by atoms with Crippen LogP contribution >= 0.6 is 12.2 Å². The maximum Gasteiger partial charge on any atom is 0.336 e. The molecule has 568 valence electrons. The maximum atomic E-state index is 14.0. The first-order valence-electron chi connectivity index (χ1n) is 35.6. The van der Waals surface area contributed by atoms with Crippen LogP contribution in [-0.4, -0.2) is 266 Å². The Morgan fingerprint density at radius 3 is 1.67 bits per heavy atom. The van der Waals surface area contributed by atoms with Crippen molar-refractivity contribution in [1.29, 1.82) is 0 Å². The van der Waals surface area contributed by atoms with Gasteiger partial charge in [-0.3, -0.25) is 48.2 Å². The van der Waals surface area contributed by atoms with Crippen LogP contribution in [0.5, 0.6) is 11.5 Å². The molecule has 3 atom stereocenters. The van der Waals surface area contributed by atoms with E-state index in [-0.39, 0.29) is 122 Å². The number of benzene rings is 4. The number of anilines is 1. The van der Waals surface area contributed by atoms with Crippen molar-refractivity contribution in [3.8, 4) is 33.9 Å². The van der Waals surface area contributed by atoms with Crippen molar-refractivity contribution in [2.75, 3.05) is 176 Å². The smallest absolute Gasteiger partial charge is 0.336 e. The number of unbranched alkanes of at least 4 members (excludes halogenated alkanes) is 2. The fourth-order valence-corrected chi connectivity index (χ4v) is 11.9. The lowest BCUT2D eigenvalue weighted by molar-refractivity contribution is -0.132. The van der Waals surface area contributed by atoms with Gasteiger partial charge in [0.1, 0.15) is 47.6 Å². The molecule has 3 unspecified atom stereocenters. The molecule has 0 spiro atoms. The number of phenols is 2. The number of phenolic OH excluding ortho intramolecular Hbond substituents is 2. The van der Waals surface area contributed by atoms with Crippen molar-refractivity contribution in [1.82, 2.24) is 78.9 Å². The van der Waals surface area contributed by atoms with E-state index in [1.54, 1.807) is 36.4 Å². The number of hydrogen-bond acceptors (Lipinski definition) is 23. The number of nitrogens with two attached hydrogens (primary N) is 1. The Balaban J connectivity index is 0.886. The summed E-state index contributed by atoms with van der Waals surface area (Å²) < 4.78 is 17.2. The molecule has 7 rings (SSSR count). The second kappa shape index (κ2) is 46.0. The number of hydrogen-bond donors (Lipinski definition) is 18. The SMILES string of the molecule is NC(=O)C(Cc1ccc(O)cc1)NC(=O)C(CCCCNC(=O)CN1CCNCCNCCNCC1)NC(=O)CCNC(=O)C(CCCCNC(=O)CN1CCNCCNCCNCC1)NC(=O)COCCOCCNC(=S)Nc1ccc(-c2c3ccc(=O)cc-3oc3cc(O)ccc23)c(C(=O)O)c1. The number of carbonyl (C=O) groups excluding carboxylic acids is 7. The normalized spacial score (nSPS) is 15.6. The minimum Gasteiger partial charge on any atom is -0.508 e. The van der Waals surface area contributed by atoms with Crippen molar-refractivity contribution >= 4 is 81.3 Å². The lowest BCUT2D eigenvalue weighted by atomic mass is 9.90. The molecule has 104 heavy (non-hydrogen) atoms. The minimum atomic E-state index is -1.23. The number of carbonyl (C=O) groups is 8. The first-order valence-corrected chi connectivity index (χ1v) is 36.0. The number of nitrogens with one attached hydrogen (secondary N) is 14. The molecule has 19 N–H and O–H groups in total. The highest BCUT2D eigenvalue weighted by atomic mass is 32.1. The number of amides is 7. The van der Waals surface area contributed by atoms with Gasteiger partial charge in [0.25, 0.3) is 0 Å². The van der Waals surface area contributed by atoms with Crippen LogP contribution in [0.3, 0.4) is 0 Å². The number of nitrogens with zero attached hydrogens (tertiary/aromatic N) is 2. The summed E-state index contributed by atoms with van der Waals surface area (Å²) in [6.45, 7) is 13.2. The Hall–Kier alpha value is -9.00. The molecule has 0 saturated carbocycles. The minimum absolute atomic E-state index is 0.00150. The molecule has 1 aliphatic carbocycles. The molecule has 2 saturated heterocycles. The topological polar surface area (TPSA) is 447 Å². The Morgan fingerprint density at radius 1 is 0.538 bits per heavy atom. The highest BCUT2D eigenvalue weighted by Crippen LogP contribution is 2.42. The number of aromatic carboxylic acids is 1.